The molecule has 0 aliphatic carbocycles. The first-order valence-corrected chi connectivity index (χ1v) is 6.90. The molecule has 3 unspecified atom stereocenters. The van der Waals surface area contributed by atoms with Gasteiger partial charge in [-0.2, -0.15) is 0 Å². The number of fused-ring (bicyclic) bond motifs is 3. The fourth-order valence-electron chi connectivity index (χ4n) is 3.49. The molecule has 94 valence electrons. The Kier molecular flexibility index (Phi) is 4.22. The van der Waals surface area contributed by atoms with Gasteiger partial charge in [0.15, 0.2) is 0 Å². The molecule has 1 N–H and O–H groups in total. The minimum absolute atomic E-state index is 0.669. The van der Waals surface area contributed by atoms with Crippen molar-refractivity contribution in [2.24, 2.45) is 5.92 Å². The van der Waals surface area contributed by atoms with Crippen molar-refractivity contribution in [1.82, 2.24) is 15.1 Å². The van der Waals surface area contributed by atoms with Gasteiger partial charge >= 0.3 is 0 Å². The second kappa shape index (κ2) is 5.48. The zero-order valence-electron chi connectivity index (χ0n) is 11.1. The van der Waals surface area contributed by atoms with Crippen molar-refractivity contribution in [3.05, 3.63) is 0 Å². The van der Waals surface area contributed by atoms with Crippen molar-refractivity contribution in [3.63, 3.8) is 0 Å². The molecule has 3 heterocycles. The maximum Gasteiger partial charge on any atom is 0.0380 e. The van der Waals surface area contributed by atoms with E-state index in [4.69, 9.17) is 0 Å². The van der Waals surface area contributed by atoms with E-state index in [0.717, 1.165) is 12.0 Å². The third-order valence-corrected chi connectivity index (χ3v) is 4.43. The van der Waals surface area contributed by atoms with E-state index in [0.29, 0.717) is 6.04 Å². The van der Waals surface area contributed by atoms with Gasteiger partial charge < -0.3 is 5.32 Å². The number of hydrogen-bond donors (Lipinski definition) is 1. The first-order chi connectivity index (χ1) is 7.76. The van der Waals surface area contributed by atoms with Crippen LogP contribution in [0.4, 0.5) is 0 Å². The Morgan fingerprint density at radius 3 is 2.38 bits per heavy atom. The van der Waals surface area contributed by atoms with Crippen molar-refractivity contribution < 1.29 is 0 Å². The van der Waals surface area contributed by atoms with Crippen molar-refractivity contribution >= 4 is 0 Å². The molecule has 0 radical (unpaired) electrons. The highest BCUT2D eigenvalue weighted by Gasteiger charge is 2.37. The van der Waals surface area contributed by atoms with Crippen molar-refractivity contribution in [2.45, 2.75) is 38.8 Å². The topological polar surface area (TPSA) is 18.5 Å². The first-order valence-electron chi connectivity index (χ1n) is 6.90. The molecule has 0 aromatic heterocycles. The van der Waals surface area contributed by atoms with Gasteiger partial charge in [-0.1, -0.05) is 20.3 Å². The van der Waals surface area contributed by atoms with E-state index in [-0.39, 0.29) is 0 Å². The van der Waals surface area contributed by atoms with Crippen LogP contribution in [0.15, 0.2) is 0 Å². The first kappa shape index (κ1) is 12.3. The summed E-state index contributed by atoms with van der Waals surface area (Å²) >= 11 is 0. The number of piperazine rings is 3. The Bertz CT molecular complexity index is 211. The smallest absolute Gasteiger partial charge is 0.0380 e. The van der Waals surface area contributed by atoms with Crippen LogP contribution in [-0.4, -0.2) is 61.7 Å². The summed E-state index contributed by atoms with van der Waals surface area (Å²) in [6, 6.07) is 1.41. The predicted octanol–water partition coefficient (Wildman–Crippen LogP) is 1.01. The molecule has 2 bridgehead atoms. The van der Waals surface area contributed by atoms with Crippen LogP contribution < -0.4 is 5.32 Å². The lowest BCUT2D eigenvalue weighted by atomic mass is 9.88. The molecule has 3 aliphatic rings. The Labute approximate surface area is 100 Å². The normalized spacial score (nSPS) is 37.3. The van der Waals surface area contributed by atoms with E-state index in [9.17, 15) is 0 Å². The molecule has 0 saturated carbocycles. The summed E-state index contributed by atoms with van der Waals surface area (Å²) in [7, 11) is 2.13. The monoisotopic (exact) mass is 225 g/mol. The lowest BCUT2D eigenvalue weighted by molar-refractivity contribution is -0.0112. The van der Waals surface area contributed by atoms with Gasteiger partial charge in [0.05, 0.1) is 0 Å². The molecule has 0 amide bonds. The van der Waals surface area contributed by atoms with Gasteiger partial charge in [0, 0.05) is 44.8 Å². The molecule has 0 aromatic carbocycles. The minimum Gasteiger partial charge on any atom is -0.315 e. The fraction of sp³-hybridized carbons (Fsp3) is 1.00. The van der Waals surface area contributed by atoms with Crippen LogP contribution in [0, 0.1) is 5.92 Å². The predicted molar refractivity (Wildman–Crippen MR) is 68.7 cm³/mol. The Morgan fingerprint density at radius 1 is 1.25 bits per heavy atom. The molecule has 3 heteroatoms. The van der Waals surface area contributed by atoms with Crippen molar-refractivity contribution in [1.29, 1.82) is 0 Å². The van der Waals surface area contributed by atoms with Crippen molar-refractivity contribution in [3.8, 4) is 0 Å². The molecule has 3 atom stereocenters. The maximum atomic E-state index is 3.57. The summed E-state index contributed by atoms with van der Waals surface area (Å²) in [6.45, 7) is 11.1. The summed E-state index contributed by atoms with van der Waals surface area (Å²) in [5.41, 5.74) is 0. The van der Waals surface area contributed by atoms with Crippen LogP contribution in [0.3, 0.4) is 0 Å². The van der Waals surface area contributed by atoms with Crippen LogP contribution in [0.1, 0.15) is 26.7 Å². The molecular weight excluding hydrogens is 198 g/mol. The highest BCUT2D eigenvalue weighted by molar-refractivity contribution is 4.96. The Balaban J connectivity index is 1.98. The molecule has 0 aromatic rings. The molecule has 3 aliphatic heterocycles. The molecule has 3 rings (SSSR count). The molecule has 3 saturated heterocycles. The van der Waals surface area contributed by atoms with Crippen LogP contribution in [0.5, 0.6) is 0 Å². The van der Waals surface area contributed by atoms with Gasteiger partial charge in [-0.25, -0.2) is 0 Å². The molecule has 3 nitrogen and oxygen atoms in total. The second-order valence-electron chi connectivity index (χ2n) is 5.48. The Morgan fingerprint density at radius 2 is 1.94 bits per heavy atom. The van der Waals surface area contributed by atoms with Gasteiger partial charge in [-0.05, 0) is 19.4 Å². The number of hydrogen-bond acceptors (Lipinski definition) is 3. The van der Waals surface area contributed by atoms with Crippen LogP contribution in [0.2, 0.25) is 0 Å². The SMILES string of the molecule is CCCC(C)C(NC)C1CN2CCN1CC2. The zero-order chi connectivity index (χ0) is 11.5. The van der Waals surface area contributed by atoms with Gasteiger partial charge in [-0.15, -0.1) is 0 Å². The summed E-state index contributed by atoms with van der Waals surface area (Å²) in [5.74, 6) is 0.792. The van der Waals surface area contributed by atoms with E-state index in [1.54, 1.807) is 0 Å². The van der Waals surface area contributed by atoms with E-state index >= 15 is 0 Å². The minimum atomic E-state index is 0.669. The summed E-state index contributed by atoms with van der Waals surface area (Å²) in [6.07, 6.45) is 2.64. The lowest BCUT2D eigenvalue weighted by Crippen LogP contribution is -2.67. The Hall–Kier alpha value is -0.120. The van der Waals surface area contributed by atoms with Gasteiger partial charge in [0.2, 0.25) is 0 Å². The molecular formula is C13H27N3. The standard InChI is InChI=1S/C13H27N3/c1-4-5-11(2)13(14-3)12-10-15-6-8-16(12)9-7-15/h11-14H,4-10H2,1-3H3. The van der Waals surface area contributed by atoms with E-state index in [1.807, 2.05) is 0 Å². The van der Waals surface area contributed by atoms with Crippen molar-refractivity contribution in [2.75, 3.05) is 39.8 Å². The zero-order valence-corrected chi connectivity index (χ0v) is 11.1. The van der Waals surface area contributed by atoms with E-state index in [2.05, 4.69) is 36.0 Å². The van der Waals surface area contributed by atoms with Gasteiger partial charge in [0.1, 0.15) is 0 Å². The number of likely N-dealkylation sites (N-methyl/N-ethyl adjacent to an activating group) is 1. The number of nitrogens with zero attached hydrogens (tertiary/aromatic N) is 2. The third-order valence-electron chi connectivity index (χ3n) is 4.43. The van der Waals surface area contributed by atoms with Crippen LogP contribution in [-0.2, 0) is 0 Å². The molecule has 16 heavy (non-hydrogen) atoms. The van der Waals surface area contributed by atoms with E-state index in [1.165, 1.54) is 45.6 Å². The fourth-order valence-corrected chi connectivity index (χ4v) is 3.49. The number of rotatable bonds is 5. The largest absolute Gasteiger partial charge is 0.315 e. The lowest BCUT2D eigenvalue weighted by Gasteiger charge is -2.51. The average Bonchev–Trinajstić information content (AvgIpc) is 2.32. The average molecular weight is 225 g/mol. The van der Waals surface area contributed by atoms with E-state index < -0.39 is 0 Å². The maximum absolute atomic E-state index is 3.57. The molecule has 3 fully saturated rings. The highest BCUT2D eigenvalue weighted by atomic mass is 15.4. The van der Waals surface area contributed by atoms with Crippen LogP contribution >= 0.6 is 0 Å². The third kappa shape index (κ3) is 2.41. The second-order valence-corrected chi connectivity index (χ2v) is 5.48. The summed E-state index contributed by atoms with van der Waals surface area (Å²) in [4.78, 5) is 5.33. The van der Waals surface area contributed by atoms with Gasteiger partial charge in [-0.3, -0.25) is 9.80 Å². The van der Waals surface area contributed by atoms with Gasteiger partial charge in [0.25, 0.3) is 0 Å². The van der Waals surface area contributed by atoms with Crippen LogP contribution in [0.25, 0.3) is 0 Å². The summed E-state index contributed by atoms with van der Waals surface area (Å²) in [5, 5.41) is 3.57. The number of nitrogens with one attached hydrogen (secondary N) is 1. The highest BCUT2D eigenvalue weighted by Crippen LogP contribution is 2.23. The quantitative estimate of drug-likeness (QED) is 0.753. The summed E-state index contributed by atoms with van der Waals surface area (Å²) < 4.78 is 0. The molecule has 0 spiro atoms.